The first kappa shape index (κ1) is 18.6. The van der Waals surface area contributed by atoms with E-state index in [9.17, 15) is 9.59 Å². The Kier molecular flexibility index (Phi) is 5.13. The lowest BCUT2D eigenvalue weighted by Crippen LogP contribution is -2.64. The van der Waals surface area contributed by atoms with Crippen LogP contribution in [0.5, 0.6) is 0 Å². The van der Waals surface area contributed by atoms with Gasteiger partial charge in [-0.3, -0.25) is 19.3 Å². The lowest BCUT2D eigenvalue weighted by atomic mass is 9.86. The van der Waals surface area contributed by atoms with Crippen LogP contribution in [-0.4, -0.2) is 68.7 Å². The first-order valence-corrected chi connectivity index (χ1v) is 9.60. The van der Waals surface area contributed by atoms with Crippen LogP contribution in [0.3, 0.4) is 0 Å². The van der Waals surface area contributed by atoms with Crippen LogP contribution in [0.15, 0.2) is 36.9 Å². The van der Waals surface area contributed by atoms with Crippen molar-refractivity contribution >= 4 is 11.8 Å². The third kappa shape index (κ3) is 3.40. The molecule has 2 atom stereocenters. The molecule has 2 aromatic heterocycles. The standard InChI is InChI=1S/C20H25N5O3/c1-14-11-22-24(12-14)13-17(26)23-9-5-16(6-10-23)25-18(19(28-2)20(25)27)15-3-7-21-8-4-15/h3-4,7-8,11-12,16,18-19H,5-6,9-10,13H2,1-2H3/t18-,19+/m0/s1. The third-order valence-electron chi connectivity index (χ3n) is 5.66. The van der Waals surface area contributed by atoms with Crippen LogP contribution in [0.25, 0.3) is 0 Å². The number of ether oxygens (including phenoxy) is 1. The lowest BCUT2D eigenvalue weighted by molar-refractivity contribution is -0.178. The number of carbonyl (C=O) groups excluding carboxylic acids is 2. The van der Waals surface area contributed by atoms with E-state index in [1.54, 1.807) is 30.4 Å². The van der Waals surface area contributed by atoms with E-state index in [1.807, 2.05) is 35.1 Å². The highest BCUT2D eigenvalue weighted by Crippen LogP contribution is 2.40. The van der Waals surface area contributed by atoms with Crippen LogP contribution in [-0.2, 0) is 20.9 Å². The van der Waals surface area contributed by atoms with Crippen molar-refractivity contribution in [2.75, 3.05) is 20.2 Å². The Bertz CT molecular complexity index is 845. The number of likely N-dealkylation sites (tertiary alicyclic amines) is 2. The maximum absolute atomic E-state index is 12.6. The number of piperidine rings is 1. The Hall–Kier alpha value is -2.74. The number of β-lactam (4-membered cyclic amide) rings is 1. The van der Waals surface area contributed by atoms with Crippen molar-refractivity contribution in [3.8, 4) is 0 Å². The summed E-state index contributed by atoms with van der Waals surface area (Å²) in [6.07, 6.45) is 8.20. The number of rotatable bonds is 5. The van der Waals surface area contributed by atoms with Gasteiger partial charge in [-0.15, -0.1) is 0 Å². The quantitative estimate of drug-likeness (QED) is 0.724. The summed E-state index contributed by atoms with van der Waals surface area (Å²) < 4.78 is 7.10. The van der Waals surface area contributed by atoms with Gasteiger partial charge in [0.25, 0.3) is 5.91 Å². The smallest absolute Gasteiger partial charge is 0.255 e. The predicted octanol–water partition coefficient (Wildman–Crippen LogP) is 1.18. The Morgan fingerprint density at radius 3 is 2.57 bits per heavy atom. The Balaban J connectivity index is 1.38. The molecule has 2 amide bonds. The summed E-state index contributed by atoms with van der Waals surface area (Å²) in [6.45, 7) is 3.51. The van der Waals surface area contributed by atoms with Crippen molar-refractivity contribution in [2.24, 2.45) is 0 Å². The van der Waals surface area contributed by atoms with Gasteiger partial charge in [-0.1, -0.05) is 0 Å². The Morgan fingerprint density at radius 1 is 1.25 bits per heavy atom. The molecule has 0 spiro atoms. The zero-order chi connectivity index (χ0) is 19.7. The molecular weight excluding hydrogens is 358 g/mol. The fraction of sp³-hybridized carbons (Fsp3) is 0.500. The molecule has 4 rings (SSSR count). The van der Waals surface area contributed by atoms with E-state index in [0.29, 0.717) is 13.1 Å². The van der Waals surface area contributed by atoms with E-state index in [1.165, 1.54) is 0 Å². The summed E-state index contributed by atoms with van der Waals surface area (Å²) in [5.74, 6) is 0.0954. The number of carbonyl (C=O) groups is 2. The number of aromatic nitrogens is 3. The van der Waals surface area contributed by atoms with Crippen molar-refractivity contribution in [1.29, 1.82) is 0 Å². The summed E-state index contributed by atoms with van der Waals surface area (Å²) in [4.78, 5) is 33.0. The van der Waals surface area contributed by atoms with Crippen molar-refractivity contribution in [1.82, 2.24) is 24.6 Å². The van der Waals surface area contributed by atoms with Gasteiger partial charge < -0.3 is 14.5 Å². The average Bonchev–Trinajstić information content (AvgIpc) is 3.12. The molecule has 0 saturated carbocycles. The second-order valence-electron chi connectivity index (χ2n) is 7.45. The van der Waals surface area contributed by atoms with Crippen LogP contribution in [0, 0.1) is 6.92 Å². The summed E-state index contributed by atoms with van der Waals surface area (Å²) in [7, 11) is 1.58. The van der Waals surface area contributed by atoms with Crippen LogP contribution in [0.4, 0.5) is 0 Å². The predicted molar refractivity (Wildman–Crippen MR) is 101 cm³/mol. The minimum absolute atomic E-state index is 0.0288. The van der Waals surface area contributed by atoms with Gasteiger partial charge >= 0.3 is 0 Å². The SMILES string of the molecule is CO[C@H]1C(=O)N(C2CCN(C(=O)Cn3cc(C)cn3)CC2)[C@H]1c1ccncc1. The molecule has 2 fully saturated rings. The molecule has 0 radical (unpaired) electrons. The van der Waals surface area contributed by atoms with E-state index >= 15 is 0 Å². The van der Waals surface area contributed by atoms with Gasteiger partial charge in [0.05, 0.1) is 12.2 Å². The highest BCUT2D eigenvalue weighted by Gasteiger charge is 2.51. The number of pyridine rings is 1. The third-order valence-corrected chi connectivity index (χ3v) is 5.66. The maximum Gasteiger partial charge on any atom is 0.255 e. The molecule has 28 heavy (non-hydrogen) atoms. The minimum atomic E-state index is -0.440. The number of aryl methyl sites for hydroxylation is 1. The zero-order valence-electron chi connectivity index (χ0n) is 16.2. The molecule has 2 aromatic rings. The maximum atomic E-state index is 12.6. The minimum Gasteiger partial charge on any atom is -0.369 e. The molecule has 148 valence electrons. The summed E-state index contributed by atoms with van der Waals surface area (Å²) in [6, 6.07) is 3.90. The van der Waals surface area contributed by atoms with Gasteiger partial charge in [-0.2, -0.15) is 5.10 Å². The molecule has 0 aromatic carbocycles. The molecule has 0 unspecified atom stereocenters. The molecule has 2 aliphatic rings. The molecule has 0 bridgehead atoms. The van der Waals surface area contributed by atoms with Gasteiger partial charge in [0, 0.05) is 44.8 Å². The number of hydrogen-bond donors (Lipinski definition) is 0. The van der Waals surface area contributed by atoms with Crippen molar-refractivity contribution in [3.63, 3.8) is 0 Å². The van der Waals surface area contributed by atoms with Gasteiger partial charge in [0.1, 0.15) is 6.54 Å². The van der Waals surface area contributed by atoms with Gasteiger partial charge in [0.2, 0.25) is 5.91 Å². The molecule has 4 heterocycles. The van der Waals surface area contributed by atoms with E-state index in [2.05, 4.69) is 10.1 Å². The molecule has 2 aliphatic heterocycles. The van der Waals surface area contributed by atoms with Gasteiger partial charge in [0.15, 0.2) is 6.10 Å². The second kappa shape index (κ2) is 7.71. The topological polar surface area (TPSA) is 80.6 Å². The summed E-state index contributed by atoms with van der Waals surface area (Å²) in [5.41, 5.74) is 2.08. The Morgan fingerprint density at radius 2 is 1.96 bits per heavy atom. The molecule has 8 nitrogen and oxygen atoms in total. The fourth-order valence-corrected chi connectivity index (χ4v) is 4.20. The molecule has 0 N–H and O–H groups in total. The average molecular weight is 383 g/mol. The number of nitrogens with zero attached hydrogens (tertiary/aromatic N) is 5. The van der Waals surface area contributed by atoms with Crippen LogP contribution in [0.1, 0.15) is 30.0 Å². The largest absolute Gasteiger partial charge is 0.369 e. The van der Waals surface area contributed by atoms with Crippen LogP contribution in [0.2, 0.25) is 0 Å². The monoisotopic (exact) mass is 383 g/mol. The molecular formula is C20H25N5O3. The van der Waals surface area contributed by atoms with Crippen molar-refractivity contribution in [3.05, 3.63) is 48.0 Å². The number of methoxy groups -OCH3 is 1. The van der Waals surface area contributed by atoms with Crippen LogP contribution >= 0.6 is 0 Å². The van der Waals surface area contributed by atoms with Gasteiger partial charge in [-0.25, -0.2) is 0 Å². The first-order valence-electron chi connectivity index (χ1n) is 9.60. The summed E-state index contributed by atoms with van der Waals surface area (Å²) in [5, 5.41) is 4.18. The first-order chi connectivity index (χ1) is 13.6. The fourth-order valence-electron chi connectivity index (χ4n) is 4.20. The van der Waals surface area contributed by atoms with E-state index in [-0.39, 0.29) is 30.4 Å². The second-order valence-corrected chi connectivity index (χ2v) is 7.45. The van der Waals surface area contributed by atoms with Crippen LogP contribution < -0.4 is 0 Å². The van der Waals surface area contributed by atoms with Gasteiger partial charge in [-0.05, 0) is 43.0 Å². The number of hydrogen-bond acceptors (Lipinski definition) is 5. The highest BCUT2D eigenvalue weighted by atomic mass is 16.5. The van der Waals surface area contributed by atoms with E-state index in [4.69, 9.17) is 4.74 Å². The molecule has 8 heteroatoms. The lowest BCUT2D eigenvalue weighted by Gasteiger charge is -2.52. The van der Waals surface area contributed by atoms with E-state index < -0.39 is 6.10 Å². The zero-order valence-corrected chi connectivity index (χ0v) is 16.2. The van der Waals surface area contributed by atoms with Crippen molar-refractivity contribution < 1.29 is 14.3 Å². The highest BCUT2D eigenvalue weighted by molar-refractivity contribution is 5.89. The molecule has 0 aliphatic carbocycles. The summed E-state index contributed by atoms with van der Waals surface area (Å²) >= 11 is 0. The van der Waals surface area contributed by atoms with E-state index in [0.717, 1.165) is 24.0 Å². The Labute approximate surface area is 164 Å². The van der Waals surface area contributed by atoms with Crippen molar-refractivity contribution in [2.45, 2.75) is 44.5 Å². The number of amides is 2. The normalized spacial score (nSPS) is 23.0. The molecule has 2 saturated heterocycles.